The van der Waals surface area contributed by atoms with E-state index in [4.69, 9.17) is 0 Å². The van der Waals surface area contributed by atoms with Crippen molar-refractivity contribution in [2.24, 2.45) is 11.8 Å². The number of carbonyl (C=O) groups is 3. The number of hydrogen-bond acceptors (Lipinski definition) is 5. The first-order valence-corrected chi connectivity index (χ1v) is 10.6. The number of imide groups is 1. The van der Waals surface area contributed by atoms with Gasteiger partial charge in [-0.3, -0.25) is 19.3 Å². The lowest BCUT2D eigenvalue weighted by molar-refractivity contribution is -0.140. The maximum atomic E-state index is 12.5. The largest absolute Gasteiger partial charge is 0.326 e. The molecule has 1 saturated heterocycles. The Labute approximate surface area is 168 Å². The van der Waals surface area contributed by atoms with E-state index >= 15 is 0 Å². The highest BCUT2D eigenvalue weighted by Gasteiger charge is 2.47. The van der Waals surface area contributed by atoms with Gasteiger partial charge in [-0.25, -0.2) is 4.98 Å². The summed E-state index contributed by atoms with van der Waals surface area (Å²) in [5, 5.41) is 5.85. The van der Waals surface area contributed by atoms with Crippen LogP contribution in [0.3, 0.4) is 0 Å². The second-order valence-corrected chi connectivity index (χ2v) is 8.52. The highest BCUT2D eigenvalue weighted by molar-refractivity contribution is 7.09. The van der Waals surface area contributed by atoms with Gasteiger partial charge in [0.15, 0.2) is 0 Å². The van der Waals surface area contributed by atoms with Crippen molar-refractivity contribution in [2.45, 2.75) is 39.0 Å². The van der Waals surface area contributed by atoms with E-state index in [9.17, 15) is 14.4 Å². The Kier molecular flexibility index (Phi) is 5.26. The summed E-state index contributed by atoms with van der Waals surface area (Å²) in [6, 6.07) is 7.51. The molecular formula is C21H23N3O3S. The molecular weight excluding hydrogens is 374 g/mol. The van der Waals surface area contributed by atoms with Crippen LogP contribution in [0, 0.1) is 18.8 Å². The van der Waals surface area contributed by atoms with Crippen molar-refractivity contribution in [3.05, 3.63) is 34.7 Å². The third-order valence-corrected chi connectivity index (χ3v) is 6.35. The van der Waals surface area contributed by atoms with Gasteiger partial charge < -0.3 is 5.32 Å². The normalized spacial score (nSPS) is 21.7. The van der Waals surface area contributed by atoms with Gasteiger partial charge in [0.25, 0.3) is 0 Å². The lowest BCUT2D eigenvalue weighted by Crippen LogP contribution is -2.34. The van der Waals surface area contributed by atoms with Crippen molar-refractivity contribution >= 4 is 34.7 Å². The number of aryl methyl sites for hydroxylation is 1. The number of fused-ring (bicyclic) bond motifs is 1. The van der Waals surface area contributed by atoms with Gasteiger partial charge in [0.1, 0.15) is 0 Å². The summed E-state index contributed by atoms with van der Waals surface area (Å²) in [5.41, 5.74) is 2.61. The van der Waals surface area contributed by atoms with E-state index in [1.165, 1.54) is 4.90 Å². The van der Waals surface area contributed by atoms with Crippen LogP contribution in [0.25, 0.3) is 11.3 Å². The molecule has 7 heteroatoms. The molecule has 2 heterocycles. The minimum atomic E-state index is -0.201. The topological polar surface area (TPSA) is 79.4 Å². The van der Waals surface area contributed by atoms with E-state index in [1.54, 1.807) is 11.3 Å². The minimum Gasteiger partial charge on any atom is -0.326 e. The molecule has 2 fully saturated rings. The Morgan fingerprint density at radius 3 is 2.36 bits per heavy atom. The first-order chi connectivity index (χ1) is 13.5. The number of aromatic nitrogens is 1. The Balaban J connectivity index is 1.32. The lowest BCUT2D eigenvalue weighted by atomic mass is 9.81. The summed E-state index contributed by atoms with van der Waals surface area (Å²) in [5.74, 6) is -0.707. The first-order valence-electron chi connectivity index (χ1n) is 9.70. The molecule has 1 aliphatic heterocycles. The zero-order valence-electron chi connectivity index (χ0n) is 15.8. The molecule has 1 saturated carbocycles. The van der Waals surface area contributed by atoms with Gasteiger partial charge >= 0.3 is 0 Å². The average molecular weight is 398 g/mol. The number of anilines is 1. The molecule has 0 radical (unpaired) electrons. The summed E-state index contributed by atoms with van der Waals surface area (Å²) in [7, 11) is 0. The number of likely N-dealkylation sites (tertiary alicyclic amines) is 1. The van der Waals surface area contributed by atoms with Crippen molar-refractivity contribution < 1.29 is 14.4 Å². The van der Waals surface area contributed by atoms with Crippen LogP contribution in [0.1, 0.15) is 37.1 Å². The number of carbonyl (C=O) groups excluding carboxylic acids is 3. The van der Waals surface area contributed by atoms with Crippen LogP contribution in [-0.4, -0.2) is 34.2 Å². The fourth-order valence-corrected chi connectivity index (χ4v) is 4.73. The van der Waals surface area contributed by atoms with Gasteiger partial charge in [0, 0.05) is 29.6 Å². The van der Waals surface area contributed by atoms with E-state index in [-0.39, 0.29) is 42.5 Å². The summed E-state index contributed by atoms with van der Waals surface area (Å²) in [4.78, 5) is 43.0. The predicted octanol–water partition coefficient (Wildman–Crippen LogP) is 3.62. The van der Waals surface area contributed by atoms with Crippen molar-refractivity contribution in [1.82, 2.24) is 9.88 Å². The fourth-order valence-electron chi connectivity index (χ4n) is 4.11. The van der Waals surface area contributed by atoms with E-state index in [2.05, 4.69) is 10.3 Å². The molecule has 1 aliphatic carbocycles. The minimum absolute atomic E-state index is 0.0922. The number of rotatable bonds is 5. The number of hydrogen-bond donors (Lipinski definition) is 1. The Bertz CT molecular complexity index is 882. The summed E-state index contributed by atoms with van der Waals surface area (Å²) >= 11 is 1.60. The van der Waals surface area contributed by atoms with Gasteiger partial charge in [-0.2, -0.15) is 0 Å². The quantitative estimate of drug-likeness (QED) is 0.782. The molecule has 0 spiro atoms. The van der Waals surface area contributed by atoms with Gasteiger partial charge in [-0.15, -0.1) is 11.3 Å². The van der Waals surface area contributed by atoms with Crippen LogP contribution in [0.4, 0.5) is 5.69 Å². The number of nitrogens with one attached hydrogen (secondary N) is 1. The van der Waals surface area contributed by atoms with Crippen LogP contribution in [0.15, 0.2) is 29.6 Å². The second kappa shape index (κ2) is 7.83. The molecule has 0 bridgehead atoms. The zero-order valence-corrected chi connectivity index (χ0v) is 16.6. The first kappa shape index (κ1) is 18.8. The molecule has 0 unspecified atom stereocenters. The van der Waals surface area contributed by atoms with Crippen molar-refractivity contribution in [3.63, 3.8) is 0 Å². The van der Waals surface area contributed by atoms with E-state index < -0.39 is 0 Å². The summed E-state index contributed by atoms with van der Waals surface area (Å²) < 4.78 is 0. The number of thiazole rings is 1. The van der Waals surface area contributed by atoms with Crippen molar-refractivity contribution in [1.29, 1.82) is 0 Å². The maximum Gasteiger partial charge on any atom is 0.233 e. The van der Waals surface area contributed by atoms with Crippen LogP contribution in [0.5, 0.6) is 0 Å². The van der Waals surface area contributed by atoms with E-state index in [0.29, 0.717) is 5.69 Å². The molecule has 2 atom stereocenters. The third kappa shape index (κ3) is 3.71. The van der Waals surface area contributed by atoms with Crippen molar-refractivity contribution in [2.75, 3.05) is 11.9 Å². The number of amides is 3. The van der Waals surface area contributed by atoms with Crippen LogP contribution in [-0.2, 0) is 14.4 Å². The van der Waals surface area contributed by atoms with Gasteiger partial charge in [-0.05, 0) is 31.9 Å². The lowest BCUT2D eigenvalue weighted by Gasteiger charge is -2.19. The fraction of sp³-hybridized carbons (Fsp3) is 0.429. The molecule has 4 rings (SSSR count). The number of nitrogens with zero attached hydrogens (tertiary/aromatic N) is 2. The molecule has 6 nitrogen and oxygen atoms in total. The molecule has 2 aromatic rings. The average Bonchev–Trinajstić information content (AvgIpc) is 3.23. The standard InChI is InChI=1S/C21H23N3O3S/c1-13-22-18(12-28-13)14-6-8-15(9-7-14)23-19(25)10-11-24-20(26)16-4-2-3-5-17(16)21(24)27/h6-9,12,16-17H,2-5,10-11H2,1H3,(H,23,25)/t16-,17-/m1/s1. The molecule has 3 amide bonds. The van der Waals surface area contributed by atoms with Crippen molar-refractivity contribution in [3.8, 4) is 11.3 Å². The van der Waals surface area contributed by atoms with Gasteiger partial charge in [-0.1, -0.05) is 25.0 Å². The second-order valence-electron chi connectivity index (χ2n) is 7.45. The van der Waals surface area contributed by atoms with E-state index in [0.717, 1.165) is 41.9 Å². The summed E-state index contributed by atoms with van der Waals surface area (Å²) in [6.45, 7) is 2.13. The summed E-state index contributed by atoms with van der Waals surface area (Å²) in [6.07, 6.45) is 3.71. The molecule has 2 aliphatic rings. The molecule has 1 aromatic carbocycles. The number of benzene rings is 1. The Morgan fingerprint density at radius 2 is 1.79 bits per heavy atom. The Morgan fingerprint density at radius 1 is 1.14 bits per heavy atom. The third-order valence-electron chi connectivity index (χ3n) is 5.58. The molecule has 1 aromatic heterocycles. The van der Waals surface area contributed by atoms with Crippen LogP contribution in [0.2, 0.25) is 0 Å². The molecule has 1 N–H and O–H groups in total. The predicted molar refractivity (Wildman–Crippen MR) is 108 cm³/mol. The van der Waals surface area contributed by atoms with E-state index in [1.807, 2.05) is 36.6 Å². The monoisotopic (exact) mass is 397 g/mol. The van der Waals surface area contributed by atoms with Gasteiger partial charge in [0.2, 0.25) is 17.7 Å². The molecule has 146 valence electrons. The maximum absolute atomic E-state index is 12.5. The van der Waals surface area contributed by atoms with Gasteiger partial charge in [0.05, 0.1) is 22.5 Å². The highest BCUT2D eigenvalue weighted by Crippen LogP contribution is 2.38. The highest BCUT2D eigenvalue weighted by atomic mass is 32.1. The molecule has 28 heavy (non-hydrogen) atoms. The van der Waals surface area contributed by atoms with Crippen LogP contribution >= 0.6 is 11.3 Å². The van der Waals surface area contributed by atoms with Crippen LogP contribution < -0.4 is 5.32 Å². The SMILES string of the molecule is Cc1nc(-c2ccc(NC(=O)CCN3C(=O)[C@@H]4CCCC[C@H]4C3=O)cc2)cs1. The zero-order chi connectivity index (χ0) is 19.7. The smallest absolute Gasteiger partial charge is 0.233 e. The Hall–Kier alpha value is -2.54.